The Hall–Kier alpha value is -4.47. The molecule has 1 aromatic heterocycles. The van der Waals surface area contributed by atoms with Gasteiger partial charge in [0.1, 0.15) is 18.0 Å². The van der Waals surface area contributed by atoms with Crippen molar-refractivity contribution in [2.45, 2.75) is 89.3 Å². The van der Waals surface area contributed by atoms with Crippen molar-refractivity contribution < 1.29 is 53.8 Å². The lowest BCUT2D eigenvalue weighted by atomic mass is 9.60. The Morgan fingerprint density at radius 1 is 0.900 bits per heavy atom. The highest BCUT2D eigenvalue weighted by Crippen LogP contribution is 2.49. The number of methoxy groups -OCH3 is 1. The van der Waals surface area contributed by atoms with Crippen LogP contribution >= 0.6 is 0 Å². The standard InChI is InChI=1S/C36H45N3O11/c1-19(2)39-29(25-12-14-26(15-13-25)38(7)8)28(18-24-10-16-27(48-9)17-11-24)32(37-39)50-33-35(46,22(5)42)36(47,23(6)43)34(45,21(4)41)31(49-33)30(44)20(3)40/h10-17,19,30-31,33,44-47H,18H2,1-9H3/t30?,31-,33+,34-,35+,36+/m1/s1. The Bertz CT molecular complexity index is 1770. The third-order valence-corrected chi connectivity index (χ3v) is 9.29. The number of rotatable bonds is 13. The van der Waals surface area contributed by atoms with Gasteiger partial charge in [-0.05, 0) is 71.4 Å². The first kappa shape index (κ1) is 38.3. The number of hydrogen-bond acceptors (Lipinski definition) is 13. The summed E-state index contributed by atoms with van der Waals surface area (Å²) in [7, 11) is 5.34. The molecule has 1 saturated heterocycles. The molecular weight excluding hydrogens is 650 g/mol. The van der Waals surface area contributed by atoms with Gasteiger partial charge < -0.3 is 39.5 Å². The lowest BCUT2D eigenvalue weighted by Gasteiger charge is -2.57. The number of aliphatic hydroxyl groups is 4. The maximum Gasteiger partial charge on any atom is 0.242 e. The second-order valence-electron chi connectivity index (χ2n) is 13.1. The van der Waals surface area contributed by atoms with E-state index in [9.17, 15) is 39.6 Å². The molecule has 4 N–H and O–H groups in total. The third-order valence-electron chi connectivity index (χ3n) is 9.29. The van der Waals surface area contributed by atoms with Crippen molar-refractivity contribution in [2.24, 2.45) is 0 Å². The van der Waals surface area contributed by atoms with E-state index in [-0.39, 0.29) is 18.3 Å². The molecule has 1 aliphatic rings. The number of Topliss-reactive ketones (excluding diaryl/α,β-unsaturated/α-hetero) is 4. The Labute approximate surface area is 290 Å². The number of benzene rings is 2. The first-order chi connectivity index (χ1) is 23.3. The molecule has 14 nitrogen and oxygen atoms in total. The van der Waals surface area contributed by atoms with E-state index in [1.54, 1.807) is 16.8 Å². The van der Waals surface area contributed by atoms with Crippen LogP contribution in [-0.4, -0.2) is 110 Å². The molecule has 0 amide bonds. The molecule has 14 heteroatoms. The van der Waals surface area contributed by atoms with E-state index < -0.39 is 58.4 Å². The van der Waals surface area contributed by atoms with Gasteiger partial charge in [0.2, 0.25) is 23.4 Å². The largest absolute Gasteiger partial charge is 0.497 e. The molecule has 1 unspecified atom stereocenters. The van der Waals surface area contributed by atoms with Gasteiger partial charge in [-0.15, -0.1) is 5.10 Å². The molecule has 0 aliphatic carbocycles. The Kier molecular flexibility index (Phi) is 10.8. The fourth-order valence-electron chi connectivity index (χ4n) is 6.39. The van der Waals surface area contributed by atoms with Crippen LogP contribution in [0.15, 0.2) is 48.5 Å². The topological polar surface area (TPSA) is 198 Å². The van der Waals surface area contributed by atoms with E-state index in [4.69, 9.17) is 19.3 Å². The van der Waals surface area contributed by atoms with Gasteiger partial charge in [-0.2, -0.15) is 0 Å². The number of ketones is 4. The molecule has 2 heterocycles. The number of anilines is 1. The highest BCUT2D eigenvalue weighted by Gasteiger charge is 2.80. The van der Waals surface area contributed by atoms with E-state index in [1.807, 2.05) is 69.2 Å². The third kappa shape index (κ3) is 6.11. The molecule has 50 heavy (non-hydrogen) atoms. The summed E-state index contributed by atoms with van der Waals surface area (Å²) >= 11 is 0. The van der Waals surface area contributed by atoms with Crippen molar-refractivity contribution in [1.82, 2.24) is 9.78 Å². The summed E-state index contributed by atoms with van der Waals surface area (Å²) in [5, 5.41) is 51.5. The SMILES string of the molecule is COc1ccc(Cc2c(O[C@@H]3O[C@H](C(O)C(C)=O)[C@](O)(C(C)=O)[C@@](O)(C(C)=O)[C@]3(O)C(C)=O)nn(C(C)C)c2-c2ccc(N(C)C)cc2)cc1. The second kappa shape index (κ2) is 14.0. The minimum absolute atomic E-state index is 0.163. The van der Waals surface area contributed by atoms with Gasteiger partial charge >= 0.3 is 0 Å². The smallest absolute Gasteiger partial charge is 0.242 e. The maximum atomic E-state index is 13.4. The number of nitrogens with zero attached hydrogens (tertiary/aromatic N) is 3. The summed E-state index contributed by atoms with van der Waals surface area (Å²) in [6.07, 6.45) is -6.90. The molecule has 3 aromatic rings. The molecule has 0 saturated carbocycles. The van der Waals surface area contributed by atoms with Crippen LogP contribution in [0.4, 0.5) is 5.69 Å². The van der Waals surface area contributed by atoms with Crippen molar-refractivity contribution in [3.05, 3.63) is 59.7 Å². The van der Waals surface area contributed by atoms with Gasteiger partial charge in [0, 0.05) is 43.4 Å². The first-order valence-corrected chi connectivity index (χ1v) is 16.0. The summed E-state index contributed by atoms with van der Waals surface area (Å²) in [5.74, 6) is -4.73. The number of hydrogen-bond donors (Lipinski definition) is 4. The Morgan fingerprint density at radius 3 is 1.90 bits per heavy atom. The maximum absolute atomic E-state index is 13.4. The van der Waals surface area contributed by atoms with E-state index >= 15 is 0 Å². The monoisotopic (exact) mass is 695 g/mol. The number of aliphatic hydroxyl groups excluding tert-OH is 1. The number of aromatic nitrogens is 2. The summed E-state index contributed by atoms with van der Waals surface area (Å²) in [4.78, 5) is 54.1. The zero-order valence-electron chi connectivity index (χ0n) is 29.6. The van der Waals surface area contributed by atoms with Crippen LogP contribution in [0, 0.1) is 0 Å². The Balaban J connectivity index is 2.02. The van der Waals surface area contributed by atoms with Crippen LogP contribution in [0.5, 0.6) is 11.6 Å². The van der Waals surface area contributed by atoms with Gasteiger partial charge in [0.25, 0.3) is 0 Å². The molecule has 6 atom stereocenters. The predicted molar refractivity (Wildman–Crippen MR) is 181 cm³/mol. The van der Waals surface area contributed by atoms with Crippen molar-refractivity contribution >= 4 is 28.8 Å². The van der Waals surface area contributed by atoms with E-state index in [0.29, 0.717) is 17.0 Å². The molecule has 1 fully saturated rings. The molecule has 0 bridgehead atoms. The van der Waals surface area contributed by atoms with Crippen molar-refractivity contribution in [3.8, 4) is 22.9 Å². The first-order valence-electron chi connectivity index (χ1n) is 16.0. The summed E-state index contributed by atoms with van der Waals surface area (Å²) in [5.41, 5.74) is -7.17. The van der Waals surface area contributed by atoms with E-state index in [0.717, 1.165) is 44.5 Å². The molecule has 4 rings (SSSR count). The van der Waals surface area contributed by atoms with Crippen LogP contribution in [0.2, 0.25) is 0 Å². The van der Waals surface area contributed by atoms with Crippen molar-refractivity contribution in [3.63, 3.8) is 0 Å². The zero-order chi connectivity index (χ0) is 37.5. The fourth-order valence-corrected chi connectivity index (χ4v) is 6.39. The quantitative estimate of drug-likeness (QED) is 0.202. The van der Waals surface area contributed by atoms with Gasteiger partial charge in [0.15, 0.2) is 28.7 Å². The van der Waals surface area contributed by atoms with Gasteiger partial charge in [-0.1, -0.05) is 24.3 Å². The number of ether oxygens (including phenoxy) is 3. The van der Waals surface area contributed by atoms with Crippen LogP contribution in [-0.2, 0) is 30.3 Å². The summed E-state index contributed by atoms with van der Waals surface area (Å²) in [6, 6.07) is 14.5. The molecule has 270 valence electrons. The average Bonchev–Trinajstić information content (AvgIpc) is 3.42. The molecule has 1 aliphatic heterocycles. The van der Waals surface area contributed by atoms with E-state index in [2.05, 4.69) is 0 Å². The highest BCUT2D eigenvalue weighted by atomic mass is 16.7. The van der Waals surface area contributed by atoms with Crippen LogP contribution < -0.4 is 14.4 Å². The number of carbonyl (C=O) groups is 4. The molecule has 0 spiro atoms. The van der Waals surface area contributed by atoms with Crippen LogP contribution in [0.1, 0.15) is 58.7 Å². The van der Waals surface area contributed by atoms with Gasteiger partial charge in [-0.3, -0.25) is 23.9 Å². The lowest BCUT2D eigenvalue weighted by Crippen LogP contribution is -2.87. The van der Waals surface area contributed by atoms with E-state index in [1.165, 1.54) is 7.11 Å². The fraction of sp³-hybridized carbons (Fsp3) is 0.472. The summed E-state index contributed by atoms with van der Waals surface area (Å²) in [6.45, 7) is 6.96. The van der Waals surface area contributed by atoms with Gasteiger partial charge in [-0.25, -0.2) is 0 Å². The predicted octanol–water partition coefficient (Wildman–Crippen LogP) is 1.81. The molecular formula is C36H45N3O11. The average molecular weight is 696 g/mol. The minimum Gasteiger partial charge on any atom is -0.497 e. The Morgan fingerprint density at radius 2 is 1.46 bits per heavy atom. The second-order valence-corrected chi connectivity index (χ2v) is 13.1. The summed E-state index contributed by atoms with van der Waals surface area (Å²) < 4.78 is 18.9. The zero-order valence-corrected chi connectivity index (χ0v) is 29.6. The minimum atomic E-state index is -3.66. The number of carbonyl (C=O) groups excluding carboxylic acids is 4. The molecule has 2 aromatic carbocycles. The van der Waals surface area contributed by atoms with Crippen molar-refractivity contribution in [2.75, 3.05) is 26.1 Å². The highest BCUT2D eigenvalue weighted by molar-refractivity contribution is 6.05. The van der Waals surface area contributed by atoms with Crippen LogP contribution in [0.3, 0.4) is 0 Å². The van der Waals surface area contributed by atoms with Gasteiger partial charge in [0.05, 0.1) is 12.8 Å². The lowest BCUT2D eigenvalue weighted by molar-refractivity contribution is -0.358. The molecule has 0 radical (unpaired) electrons. The van der Waals surface area contributed by atoms with Crippen molar-refractivity contribution in [1.29, 1.82) is 0 Å². The normalized spacial score (nSPS) is 25.6. The van der Waals surface area contributed by atoms with Crippen LogP contribution in [0.25, 0.3) is 11.3 Å².